The van der Waals surface area contributed by atoms with Crippen LogP contribution in [0.25, 0.3) is 11.1 Å². The lowest BCUT2D eigenvalue weighted by atomic mass is 9.97. The third-order valence-corrected chi connectivity index (χ3v) is 3.09. The van der Waals surface area contributed by atoms with Crippen LogP contribution in [0.4, 0.5) is 0 Å². The van der Waals surface area contributed by atoms with Crippen LogP contribution in [0.1, 0.15) is 11.1 Å². The summed E-state index contributed by atoms with van der Waals surface area (Å²) in [6.07, 6.45) is 1.04. The van der Waals surface area contributed by atoms with Gasteiger partial charge < -0.3 is 4.74 Å². The second-order valence-corrected chi connectivity index (χ2v) is 4.15. The maximum absolute atomic E-state index is 5.44. The Morgan fingerprint density at radius 2 is 1.69 bits per heavy atom. The Bertz CT molecular complexity index is 488. The van der Waals surface area contributed by atoms with Gasteiger partial charge in [0.2, 0.25) is 0 Å². The molecule has 1 aliphatic rings. The second kappa shape index (κ2) is 4.11. The van der Waals surface area contributed by atoms with Crippen molar-refractivity contribution >= 4 is 0 Å². The van der Waals surface area contributed by atoms with Crippen molar-refractivity contribution in [2.24, 2.45) is 0 Å². The summed E-state index contributed by atoms with van der Waals surface area (Å²) in [5.41, 5.74) is 5.37. The monoisotopic (exact) mass is 210 g/mol. The zero-order chi connectivity index (χ0) is 10.8. The zero-order valence-electron chi connectivity index (χ0n) is 9.15. The van der Waals surface area contributed by atoms with E-state index in [0.717, 1.165) is 19.6 Å². The first-order chi connectivity index (χ1) is 7.93. The summed E-state index contributed by atoms with van der Waals surface area (Å²) >= 11 is 0. The van der Waals surface area contributed by atoms with Gasteiger partial charge in [0.15, 0.2) is 0 Å². The van der Waals surface area contributed by atoms with E-state index in [0.29, 0.717) is 0 Å². The molecule has 0 aliphatic carbocycles. The molecule has 3 rings (SSSR count). The molecule has 0 saturated heterocycles. The number of hydrogen-bond donors (Lipinski definition) is 0. The molecule has 0 spiro atoms. The van der Waals surface area contributed by atoms with E-state index < -0.39 is 0 Å². The number of ether oxygens (including phenoxy) is 1. The SMILES string of the molecule is c1ccc(-c2ccc3c(c2)CCOC3)cc1. The topological polar surface area (TPSA) is 9.23 Å². The lowest BCUT2D eigenvalue weighted by Gasteiger charge is -2.17. The van der Waals surface area contributed by atoms with Gasteiger partial charge in [-0.3, -0.25) is 0 Å². The van der Waals surface area contributed by atoms with Crippen LogP contribution in [-0.4, -0.2) is 6.61 Å². The van der Waals surface area contributed by atoms with Crippen LogP contribution in [0, 0.1) is 0 Å². The van der Waals surface area contributed by atoms with Crippen LogP contribution < -0.4 is 0 Å². The van der Waals surface area contributed by atoms with Crippen molar-refractivity contribution in [3.8, 4) is 11.1 Å². The highest BCUT2D eigenvalue weighted by Gasteiger charge is 2.09. The summed E-state index contributed by atoms with van der Waals surface area (Å²) in [6, 6.07) is 17.2. The van der Waals surface area contributed by atoms with E-state index in [1.807, 2.05) is 0 Å². The van der Waals surface area contributed by atoms with Crippen molar-refractivity contribution in [1.82, 2.24) is 0 Å². The van der Waals surface area contributed by atoms with Crippen molar-refractivity contribution in [2.75, 3.05) is 6.61 Å². The van der Waals surface area contributed by atoms with E-state index in [1.54, 1.807) is 0 Å². The van der Waals surface area contributed by atoms with Gasteiger partial charge in [0.05, 0.1) is 13.2 Å². The van der Waals surface area contributed by atoms with Crippen molar-refractivity contribution in [2.45, 2.75) is 13.0 Å². The lowest BCUT2D eigenvalue weighted by Crippen LogP contribution is -2.09. The Balaban J connectivity index is 2.03. The normalized spacial score (nSPS) is 14.5. The summed E-state index contributed by atoms with van der Waals surface area (Å²) in [5, 5.41) is 0. The number of hydrogen-bond acceptors (Lipinski definition) is 1. The third kappa shape index (κ3) is 1.74. The van der Waals surface area contributed by atoms with Crippen LogP contribution in [0.2, 0.25) is 0 Å². The average Bonchev–Trinajstić information content (AvgIpc) is 2.39. The van der Waals surface area contributed by atoms with Crippen LogP contribution in [0.3, 0.4) is 0 Å². The first-order valence-electron chi connectivity index (χ1n) is 5.68. The predicted octanol–water partition coefficient (Wildman–Crippen LogP) is 3.43. The molecule has 1 heteroatoms. The summed E-state index contributed by atoms with van der Waals surface area (Å²) < 4.78 is 5.44. The lowest BCUT2D eigenvalue weighted by molar-refractivity contribution is 0.111. The Morgan fingerprint density at radius 3 is 2.56 bits per heavy atom. The molecule has 0 unspecified atom stereocenters. The van der Waals surface area contributed by atoms with Gasteiger partial charge in [-0.15, -0.1) is 0 Å². The van der Waals surface area contributed by atoms with Crippen LogP contribution in [0.15, 0.2) is 48.5 Å². The van der Waals surface area contributed by atoms with Crippen LogP contribution in [-0.2, 0) is 17.8 Å². The molecule has 2 aromatic carbocycles. The van der Waals surface area contributed by atoms with Gasteiger partial charge >= 0.3 is 0 Å². The minimum absolute atomic E-state index is 0.768. The number of rotatable bonds is 1. The molecule has 0 saturated carbocycles. The molecule has 0 radical (unpaired) electrons. The highest BCUT2D eigenvalue weighted by Crippen LogP contribution is 2.25. The van der Waals surface area contributed by atoms with Gasteiger partial charge in [0.1, 0.15) is 0 Å². The quantitative estimate of drug-likeness (QED) is 0.700. The second-order valence-electron chi connectivity index (χ2n) is 4.15. The van der Waals surface area contributed by atoms with Crippen LogP contribution >= 0.6 is 0 Å². The minimum Gasteiger partial charge on any atom is -0.376 e. The molecule has 16 heavy (non-hydrogen) atoms. The molecule has 1 aliphatic heterocycles. The Morgan fingerprint density at radius 1 is 0.812 bits per heavy atom. The highest BCUT2D eigenvalue weighted by atomic mass is 16.5. The molecule has 1 nitrogen and oxygen atoms in total. The minimum atomic E-state index is 0.768. The zero-order valence-corrected chi connectivity index (χ0v) is 9.15. The van der Waals surface area contributed by atoms with Gasteiger partial charge in [-0.1, -0.05) is 48.5 Å². The number of fused-ring (bicyclic) bond motifs is 1. The molecule has 0 fully saturated rings. The van der Waals surface area contributed by atoms with E-state index in [1.165, 1.54) is 22.3 Å². The van der Waals surface area contributed by atoms with E-state index >= 15 is 0 Å². The van der Waals surface area contributed by atoms with Crippen LogP contribution in [0.5, 0.6) is 0 Å². The van der Waals surface area contributed by atoms with Gasteiger partial charge in [-0.25, -0.2) is 0 Å². The Labute approximate surface area is 95.7 Å². The van der Waals surface area contributed by atoms with Crippen molar-refractivity contribution in [3.05, 3.63) is 59.7 Å². The van der Waals surface area contributed by atoms with Gasteiger partial charge in [0, 0.05) is 0 Å². The fourth-order valence-electron chi connectivity index (χ4n) is 2.17. The van der Waals surface area contributed by atoms with Gasteiger partial charge in [0.25, 0.3) is 0 Å². The van der Waals surface area contributed by atoms with E-state index in [9.17, 15) is 0 Å². The van der Waals surface area contributed by atoms with Crippen molar-refractivity contribution in [1.29, 1.82) is 0 Å². The third-order valence-electron chi connectivity index (χ3n) is 3.09. The standard InChI is InChI=1S/C15H14O/c1-2-4-12(5-3-1)13-6-7-15-11-16-9-8-14(15)10-13/h1-7,10H,8-9,11H2. The molecular weight excluding hydrogens is 196 g/mol. The largest absolute Gasteiger partial charge is 0.376 e. The molecule has 1 heterocycles. The van der Waals surface area contributed by atoms with Gasteiger partial charge in [-0.05, 0) is 28.7 Å². The summed E-state index contributed by atoms with van der Waals surface area (Å²) in [5.74, 6) is 0. The first kappa shape index (κ1) is 9.61. The summed E-state index contributed by atoms with van der Waals surface area (Å²) in [7, 11) is 0. The molecule has 2 aromatic rings. The Kier molecular flexibility index (Phi) is 2.47. The maximum atomic E-state index is 5.44. The highest BCUT2D eigenvalue weighted by molar-refractivity contribution is 5.64. The smallest absolute Gasteiger partial charge is 0.0719 e. The average molecular weight is 210 g/mol. The van der Waals surface area contributed by atoms with E-state index in [-0.39, 0.29) is 0 Å². The summed E-state index contributed by atoms with van der Waals surface area (Å²) in [4.78, 5) is 0. The molecule has 0 N–H and O–H groups in total. The fraction of sp³-hybridized carbons (Fsp3) is 0.200. The summed E-state index contributed by atoms with van der Waals surface area (Å²) in [6.45, 7) is 1.62. The molecule has 0 amide bonds. The first-order valence-corrected chi connectivity index (χ1v) is 5.68. The Hall–Kier alpha value is -1.60. The molecule has 0 bridgehead atoms. The fourth-order valence-corrected chi connectivity index (χ4v) is 2.17. The van der Waals surface area contributed by atoms with Gasteiger partial charge in [-0.2, -0.15) is 0 Å². The van der Waals surface area contributed by atoms with E-state index in [2.05, 4.69) is 48.5 Å². The van der Waals surface area contributed by atoms with Crippen molar-refractivity contribution < 1.29 is 4.74 Å². The predicted molar refractivity (Wildman–Crippen MR) is 65.2 cm³/mol. The maximum Gasteiger partial charge on any atom is 0.0719 e. The number of benzene rings is 2. The molecule has 0 atom stereocenters. The van der Waals surface area contributed by atoms with Crippen molar-refractivity contribution in [3.63, 3.8) is 0 Å². The molecule has 80 valence electrons. The van der Waals surface area contributed by atoms with E-state index in [4.69, 9.17) is 4.74 Å². The molecule has 0 aromatic heterocycles. The molecular formula is C15H14O.